The van der Waals surface area contributed by atoms with Gasteiger partial charge in [0.1, 0.15) is 12.1 Å². The molecule has 0 aliphatic heterocycles. The fourth-order valence-corrected chi connectivity index (χ4v) is 3.88. The second kappa shape index (κ2) is 21.4. The Bertz CT molecular complexity index is 583. The van der Waals surface area contributed by atoms with E-state index in [4.69, 9.17) is 10.8 Å². The molecule has 0 bridgehead atoms. The highest BCUT2D eigenvalue weighted by molar-refractivity contribution is 5.90. The minimum atomic E-state index is -1.24. The third-order valence-corrected chi connectivity index (χ3v) is 6.07. The summed E-state index contributed by atoms with van der Waals surface area (Å²) in [6.45, 7) is 3.76. The van der Waals surface area contributed by atoms with Crippen molar-refractivity contribution in [3.8, 4) is 0 Å². The number of carbonyl (C=O) groups is 4. The topological polar surface area (TPSA) is 139 Å². The molecule has 0 rings (SSSR count). The van der Waals surface area contributed by atoms with Crippen molar-refractivity contribution in [3.63, 3.8) is 0 Å². The van der Waals surface area contributed by atoms with Gasteiger partial charge in [-0.2, -0.15) is 0 Å². The van der Waals surface area contributed by atoms with E-state index in [1.54, 1.807) is 0 Å². The molecule has 0 saturated heterocycles. The Hall–Kier alpha value is -2.12. The van der Waals surface area contributed by atoms with Crippen molar-refractivity contribution >= 4 is 23.7 Å². The van der Waals surface area contributed by atoms with Crippen LogP contribution in [0.15, 0.2) is 0 Å². The number of amides is 3. The van der Waals surface area contributed by atoms with E-state index in [2.05, 4.69) is 17.6 Å². The second-order valence-electron chi connectivity index (χ2n) is 9.39. The third kappa shape index (κ3) is 19.4. The lowest BCUT2D eigenvalue weighted by atomic mass is 10.0. The molecular formula is C26H49N3O5. The van der Waals surface area contributed by atoms with Gasteiger partial charge >= 0.3 is 5.97 Å². The van der Waals surface area contributed by atoms with Crippen LogP contribution in [0.4, 0.5) is 0 Å². The largest absolute Gasteiger partial charge is 0.480 e. The molecule has 8 nitrogen and oxygen atoms in total. The van der Waals surface area contributed by atoms with Crippen LogP contribution in [0.1, 0.15) is 129 Å². The molecule has 0 saturated carbocycles. The van der Waals surface area contributed by atoms with Crippen LogP contribution in [0.5, 0.6) is 0 Å². The maximum atomic E-state index is 12.1. The number of hydrogen-bond acceptors (Lipinski definition) is 4. The normalized spacial score (nSPS) is 12.6. The molecular weight excluding hydrogens is 434 g/mol. The van der Waals surface area contributed by atoms with Gasteiger partial charge in [0.05, 0.1) is 0 Å². The maximum Gasteiger partial charge on any atom is 0.326 e. The lowest BCUT2D eigenvalue weighted by molar-refractivity contribution is -0.142. The van der Waals surface area contributed by atoms with Crippen LogP contribution in [-0.4, -0.2) is 40.9 Å². The van der Waals surface area contributed by atoms with Gasteiger partial charge in [-0.3, -0.25) is 14.4 Å². The van der Waals surface area contributed by atoms with Crippen LogP contribution >= 0.6 is 0 Å². The van der Waals surface area contributed by atoms with Gasteiger partial charge in [-0.25, -0.2) is 4.79 Å². The average molecular weight is 484 g/mol. The van der Waals surface area contributed by atoms with Crippen molar-refractivity contribution in [2.75, 3.05) is 0 Å². The maximum absolute atomic E-state index is 12.1. The van der Waals surface area contributed by atoms with Gasteiger partial charge in [0.2, 0.25) is 17.7 Å². The number of hydrogen-bond donors (Lipinski definition) is 4. The van der Waals surface area contributed by atoms with Crippen LogP contribution in [0.25, 0.3) is 0 Å². The predicted octanol–water partition coefficient (Wildman–Crippen LogP) is 4.59. The zero-order valence-electron chi connectivity index (χ0n) is 21.5. The van der Waals surface area contributed by atoms with E-state index < -0.39 is 29.9 Å². The van der Waals surface area contributed by atoms with Gasteiger partial charge in [-0.05, 0) is 19.8 Å². The minimum Gasteiger partial charge on any atom is -0.480 e. The number of unbranched alkanes of at least 4 members (excludes halogenated alkanes) is 14. The quantitative estimate of drug-likeness (QED) is 0.157. The molecule has 0 radical (unpaired) electrons. The average Bonchev–Trinajstić information content (AvgIpc) is 2.78. The number of primary amides is 1. The zero-order chi connectivity index (χ0) is 25.6. The van der Waals surface area contributed by atoms with Crippen LogP contribution in [0.2, 0.25) is 0 Å². The molecule has 0 unspecified atom stereocenters. The summed E-state index contributed by atoms with van der Waals surface area (Å²) in [5.41, 5.74) is 5.03. The number of carboxylic acid groups (broad SMARTS) is 1. The first-order valence-electron chi connectivity index (χ1n) is 13.4. The molecule has 3 amide bonds. The van der Waals surface area contributed by atoms with Crippen LogP contribution < -0.4 is 16.4 Å². The third-order valence-electron chi connectivity index (χ3n) is 6.07. The van der Waals surface area contributed by atoms with Crippen LogP contribution in [-0.2, 0) is 19.2 Å². The second-order valence-corrected chi connectivity index (χ2v) is 9.39. The van der Waals surface area contributed by atoms with Gasteiger partial charge < -0.3 is 21.5 Å². The summed E-state index contributed by atoms with van der Waals surface area (Å²) in [5, 5.41) is 14.1. The van der Waals surface area contributed by atoms with E-state index in [-0.39, 0.29) is 18.7 Å². The first kappa shape index (κ1) is 31.9. The minimum absolute atomic E-state index is 0.0871. The summed E-state index contributed by atoms with van der Waals surface area (Å²) >= 11 is 0. The molecule has 198 valence electrons. The highest BCUT2D eigenvalue weighted by Gasteiger charge is 2.24. The Labute approximate surface area is 206 Å². The fraction of sp³-hybridized carbons (Fsp3) is 0.846. The molecule has 2 atom stereocenters. The molecule has 0 aliphatic carbocycles. The Kier molecular flexibility index (Phi) is 20.1. The first-order valence-corrected chi connectivity index (χ1v) is 13.4. The lowest BCUT2D eigenvalue weighted by Gasteiger charge is -2.18. The van der Waals surface area contributed by atoms with Crippen molar-refractivity contribution in [3.05, 3.63) is 0 Å². The molecule has 8 heteroatoms. The smallest absolute Gasteiger partial charge is 0.326 e. The Balaban J connectivity index is 3.71. The van der Waals surface area contributed by atoms with Gasteiger partial charge in [0.15, 0.2) is 0 Å². The molecule has 5 N–H and O–H groups in total. The lowest BCUT2D eigenvalue weighted by Crippen LogP contribution is -2.50. The number of carbonyl (C=O) groups excluding carboxylic acids is 3. The van der Waals surface area contributed by atoms with Crippen molar-refractivity contribution < 1.29 is 24.3 Å². The SMILES string of the molecule is CCCCCCCCCCCCCCCCCC(=O)N[C@@H](C)C(=O)N[C@@H](CCC(N)=O)C(=O)O. The summed E-state index contributed by atoms with van der Waals surface area (Å²) in [7, 11) is 0. The monoisotopic (exact) mass is 483 g/mol. The molecule has 0 spiro atoms. The number of aliphatic carboxylic acids is 1. The number of nitrogens with two attached hydrogens (primary N) is 1. The van der Waals surface area contributed by atoms with Crippen molar-refractivity contribution in [1.29, 1.82) is 0 Å². The first-order chi connectivity index (χ1) is 16.3. The Morgan fingerprint density at radius 3 is 1.56 bits per heavy atom. The van der Waals surface area contributed by atoms with Crippen LogP contribution in [0, 0.1) is 0 Å². The molecule has 0 aromatic heterocycles. The van der Waals surface area contributed by atoms with E-state index >= 15 is 0 Å². The van der Waals surface area contributed by atoms with E-state index in [0.717, 1.165) is 19.3 Å². The molecule has 0 aromatic carbocycles. The van der Waals surface area contributed by atoms with Crippen LogP contribution in [0.3, 0.4) is 0 Å². The van der Waals surface area contributed by atoms with Gasteiger partial charge in [-0.1, -0.05) is 96.8 Å². The standard InChI is InChI=1S/C26H49N3O5/c1-3-4-5-6-7-8-9-10-11-12-13-14-15-16-17-18-24(31)28-21(2)25(32)29-22(26(33)34)19-20-23(27)30/h21-22H,3-20H2,1-2H3,(H2,27,30)(H,28,31)(H,29,32)(H,33,34)/t21-,22-/m0/s1. The highest BCUT2D eigenvalue weighted by Crippen LogP contribution is 2.13. The van der Waals surface area contributed by atoms with E-state index in [1.807, 2.05) is 0 Å². The zero-order valence-corrected chi connectivity index (χ0v) is 21.5. The summed E-state index contributed by atoms with van der Waals surface area (Å²) in [5.74, 6) is -2.70. The van der Waals surface area contributed by atoms with Crippen molar-refractivity contribution in [2.24, 2.45) is 5.73 Å². The molecule has 0 fully saturated rings. The number of carboxylic acids is 1. The number of rotatable bonds is 23. The van der Waals surface area contributed by atoms with Crippen molar-refractivity contribution in [2.45, 2.75) is 142 Å². The summed E-state index contributed by atoms with van der Waals surface area (Å²) in [6, 6.07) is -2.06. The Morgan fingerprint density at radius 2 is 1.15 bits per heavy atom. The molecule has 0 aliphatic rings. The fourth-order valence-electron chi connectivity index (χ4n) is 3.88. The molecule has 0 heterocycles. The molecule has 34 heavy (non-hydrogen) atoms. The number of nitrogens with one attached hydrogen (secondary N) is 2. The summed E-state index contributed by atoms with van der Waals surface area (Å²) in [6.07, 6.45) is 19.0. The highest BCUT2D eigenvalue weighted by atomic mass is 16.4. The molecule has 0 aromatic rings. The predicted molar refractivity (Wildman–Crippen MR) is 135 cm³/mol. The van der Waals surface area contributed by atoms with Crippen molar-refractivity contribution in [1.82, 2.24) is 10.6 Å². The summed E-state index contributed by atoms with van der Waals surface area (Å²) < 4.78 is 0. The van der Waals surface area contributed by atoms with E-state index in [9.17, 15) is 19.2 Å². The van der Waals surface area contributed by atoms with Gasteiger partial charge in [0, 0.05) is 12.8 Å². The van der Waals surface area contributed by atoms with Gasteiger partial charge in [0.25, 0.3) is 0 Å². The van der Waals surface area contributed by atoms with Gasteiger partial charge in [-0.15, -0.1) is 0 Å². The summed E-state index contributed by atoms with van der Waals surface area (Å²) in [4.78, 5) is 46.2. The Morgan fingerprint density at radius 1 is 0.706 bits per heavy atom. The van der Waals surface area contributed by atoms with E-state index in [1.165, 1.54) is 84.0 Å². The van der Waals surface area contributed by atoms with E-state index in [0.29, 0.717) is 6.42 Å².